The van der Waals surface area contributed by atoms with Crippen LogP contribution < -0.4 is 5.32 Å². The molecule has 8 heteroatoms. The summed E-state index contributed by atoms with van der Waals surface area (Å²) >= 11 is 3.32. The predicted octanol–water partition coefficient (Wildman–Crippen LogP) is 3.65. The summed E-state index contributed by atoms with van der Waals surface area (Å²) in [4.78, 5) is 11.7. The van der Waals surface area contributed by atoms with Gasteiger partial charge in [0.05, 0.1) is 10.6 Å². The van der Waals surface area contributed by atoms with Crippen LogP contribution in [0, 0.1) is 11.3 Å². The van der Waals surface area contributed by atoms with E-state index < -0.39 is 0 Å². The maximum atomic E-state index is 9.46. The number of fused-ring (bicyclic) bond motifs is 2. The lowest BCUT2D eigenvalue weighted by Gasteiger charge is -2.20. The average molecular weight is 381 g/mol. The van der Waals surface area contributed by atoms with Gasteiger partial charge >= 0.3 is 0 Å². The summed E-state index contributed by atoms with van der Waals surface area (Å²) in [5, 5.41) is 20.3. The second-order valence-electron chi connectivity index (χ2n) is 6.58. The number of aryl methyl sites for hydroxylation is 1. The molecule has 26 heavy (non-hydrogen) atoms. The quantitative estimate of drug-likeness (QED) is 0.574. The highest BCUT2D eigenvalue weighted by molar-refractivity contribution is 7.28. The first-order chi connectivity index (χ1) is 12.7. The van der Waals surface area contributed by atoms with E-state index >= 15 is 0 Å². The topological polar surface area (TPSA) is 79.4 Å². The second-order valence-corrected chi connectivity index (χ2v) is 8.57. The van der Waals surface area contributed by atoms with Gasteiger partial charge in [0, 0.05) is 30.1 Å². The molecule has 1 aliphatic rings. The molecule has 1 N–H and O–H groups in total. The van der Waals surface area contributed by atoms with Gasteiger partial charge in [-0.05, 0) is 38.1 Å². The van der Waals surface area contributed by atoms with E-state index in [1.165, 1.54) is 5.01 Å². The zero-order valence-electron chi connectivity index (χ0n) is 14.2. The summed E-state index contributed by atoms with van der Waals surface area (Å²) in [6.07, 6.45) is 4.23. The summed E-state index contributed by atoms with van der Waals surface area (Å²) in [6.45, 7) is 2.14. The Morgan fingerprint density at radius 1 is 1.19 bits per heavy atom. The van der Waals surface area contributed by atoms with Gasteiger partial charge in [-0.25, -0.2) is 9.97 Å². The van der Waals surface area contributed by atoms with E-state index in [9.17, 15) is 5.26 Å². The first-order valence-electron chi connectivity index (χ1n) is 8.57. The van der Waals surface area contributed by atoms with E-state index in [2.05, 4.69) is 22.6 Å². The Labute approximate surface area is 158 Å². The van der Waals surface area contributed by atoms with Gasteiger partial charge in [-0.3, -0.25) is 4.68 Å². The maximum Gasteiger partial charge on any atom is 0.155 e. The van der Waals surface area contributed by atoms with Gasteiger partial charge in [0.15, 0.2) is 9.66 Å². The Bertz CT molecular complexity index is 1120. The fourth-order valence-electron chi connectivity index (χ4n) is 3.49. The maximum absolute atomic E-state index is 9.46. The van der Waals surface area contributed by atoms with Crippen molar-refractivity contribution in [3.05, 3.63) is 28.9 Å². The molecule has 3 aromatic heterocycles. The normalized spacial score (nSPS) is 15.7. The van der Waals surface area contributed by atoms with Gasteiger partial charge < -0.3 is 5.32 Å². The largest absolute Gasteiger partial charge is 0.317 e. The van der Waals surface area contributed by atoms with Crippen molar-refractivity contribution in [3.63, 3.8) is 0 Å². The lowest BCUT2D eigenvalue weighted by atomic mass is 9.99. The average Bonchev–Trinajstić information content (AvgIpc) is 3.33. The van der Waals surface area contributed by atoms with E-state index in [-0.39, 0.29) is 0 Å². The van der Waals surface area contributed by atoms with Crippen LogP contribution >= 0.6 is 22.7 Å². The van der Waals surface area contributed by atoms with E-state index in [0.717, 1.165) is 57.1 Å². The number of nitrogens with one attached hydrogen (secondary N) is 1. The Morgan fingerprint density at radius 3 is 2.77 bits per heavy atom. The number of hydrogen-bond donors (Lipinski definition) is 1. The van der Waals surface area contributed by atoms with Gasteiger partial charge in [0.2, 0.25) is 0 Å². The summed E-state index contributed by atoms with van der Waals surface area (Å²) in [7, 11) is 1.87. The van der Waals surface area contributed by atoms with E-state index in [4.69, 9.17) is 9.97 Å². The van der Waals surface area contributed by atoms with Crippen molar-refractivity contribution in [1.82, 2.24) is 25.1 Å². The Morgan fingerprint density at radius 2 is 2.00 bits per heavy atom. The second kappa shape index (κ2) is 6.13. The molecule has 1 aromatic carbocycles. The Kier molecular flexibility index (Phi) is 3.74. The summed E-state index contributed by atoms with van der Waals surface area (Å²) in [5.41, 5.74) is 2.28. The van der Waals surface area contributed by atoms with Gasteiger partial charge in [-0.1, -0.05) is 22.7 Å². The van der Waals surface area contributed by atoms with Crippen LogP contribution in [0.3, 0.4) is 0 Å². The number of aromatic nitrogens is 4. The molecule has 4 heterocycles. The SMILES string of the molecule is Cn1cc2cc(-c3nc4sc(C5CCNCC5)nc4s3)cc(C#N)c2n1. The van der Waals surface area contributed by atoms with Crippen LogP contribution in [0.5, 0.6) is 0 Å². The molecule has 0 saturated carbocycles. The minimum atomic E-state index is 0.558. The standard InChI is InChI=1S/C18H16N6S2/c1-24-9-13-7-11(6-12(8-19)14(13)23-24)16-22-18-17(26-16)21-15(25-18)10-2-4-20-5-3-10/h6-7,9-10,20H,2-5H2,1H3. The number of nitriles is 1. The minimum Gasteiger partial charge on any atom is -0.317 e. The molecule has 6 nitrogen and oxygen atoms in total. The molecular formula is C18H16N6S2. The van der Waals surface area contributed by atoms with E-state index in [1.807, 2.05) is 19.3 Å². The highest BCUT2D eigenvalue weighted by Gasteiger charge is 2.21. The lowest BCUT2D eigenvalue weighted by Crippen LogP contribution is -2.26. The van der Waals surface area contributed by atoms with Crippen LogP contribution in [0.2, 0.25) is 0 Å². The molecule has 0 unspecified atom stereocenters. The molecule has 0 aliphatic carbocycles. The van der Waals surface area contributed by atoms with Crippen molar-refractivity contribution < 1.29 is 0 Å². The smallest absolute Gasteiger partial charge is 0.155 e. The number of piperidine rings is 1. The van der Waals surface area contributed by atoms with Gasteiger partial charge in [0.25, 0.3) is 0 Å². The molecule has 4 aromatic rings. The van der Waals surface area contributed by atoms with Crippen LogP contribution in [0.4, 0.5) is 0 Å². The summed E-state index contributed by atoms with van der Waals surface area (Å²) < 4.78 is 1.74. The van der Waals surface area contributed by atoms with Crippen LogP contribution in [-0.2, 0) is 7.05 Å². The molecule has 1 saturated heterocycles. The van der Waals surface area contributed by atoms with Crippen molar-refractivity contribution in [3.8, 4) is 16.6 Å². The monoisotopic (exact) mass is 380 g/mol. The predicted molar refractivity (Wildman–Crippen MR) is 105 cm³/mol. The fourth-order valence-corrected chi connectivity index (χ4v) is 5.69. The zero-order chi connectivity index (χ0) is 17.7. The van der Waals surface area contributed by atoms with Crippen molar-refractivity contribution >= 4 is 43.2 Å². The number of nitrogens with zero attached hydrogens (tertiary/aromatic N) is 5. The van der Waals surface area contributed by atoms with Crippen LogP contribution in [0.15, 0.2) is 18.3 Å². The molecule has 0 radical (unpaired) electrons. The molecule has 0 bridgehead atoms. The van der Waals surface area contributed by atoms with Crippen molar-refractivity contribution in [2.24, 2.45) is 7.05 Å². The highest BCUT2D eigenvalue weighted by Crippen LogP contribution is 2.38. The van der Waals surface area contributed by atoms with Crippen molar-refractivity contribution in [2.45, 2.75) is 18.8 Å². The molecule has 130 valence electrons. The van der Waals surface area contributed by atoms with Crippen LogP contribution in [0.25, 0.3) is 31.1 Å². The zero-order valence-corrected chi connectivity index (χ0v) is 15.8. The van der Waals surface area contributed by atoms with Crippen molar-refractivity contribution in [2.75, 3.05) is 13.1 Å². The number of benzene rings is 1. The van der Waals surface area contributed by atoms with Crippen LogP contribution in [0.1, 0.15) is 29.3 Å². The third kappa shape index (κ3) is 2.60. The fraction of sp³-hybridized carbons (Fsp3) is 0.333. The first kappa shape index (κ1) is 15.9. The lowest BCUT2D eigenvalue weighted by molar-refractivity contribution is 0.459. The molecule has 5 rings (SSSR count). The molecule has 1 fully saturated rings. The van der Waals surface area contributed by atoms with Gasteiger partial charge in [-0.15, -0.1) is 0 Å². The minimum absolute atomic E-state index is 0.558. The molecule has 0 spiro atoms. The van der Waals surface area contributed by atoms with E-state index in [1.54, 1.807) is 27.4 Å². The molecular weight excluding hydrogens is 364 g/mol. The number of rotatable bonds is 2. The molecule has 1 aliphatic heterocycles. The number of hydrogen-bond acceptors (Lipinski definition) is 7. The summed E-state index contributed by atoms with van der Waals surface area (Å²) in [5.74, 6) is 0.558. The third-order valence-electron chi connectivity index (χ3n) is 4.77. The van der Waals surface area contributed by atoms with Gasteiger partial charge in [0.1, 0.15) is 16.6 Å². The first-order valence-corrected chi connectivity index (χ1v) is 10.2. The number of thiazole rings is 2. The third-order valence-corrected chi connectivity index (χ3v) is 7.01. The van der Waals surface area contributed by atoms with E-state index in [0.29, 0.717) is 11.5 Å². The van der Waals surface area contributed by atoms with Crippen molar-refractivity contribution in [1.29, 1.82) is 5.26 Å². The molecule has 0 atom stereocenters. The molecule has 0 amide bonds. The summed E-state index contributed by atoms with van der Waals surface area (Å²) in [6, 6.07) is 6.19. The Hall–Kier alpha value is -2.34. The van der Waals surface area contributed by atoms with Gasteiger partial charge in [-0.2, -0.15) is 10.4 Å². The highest BCUT2D eigenvalue weighted by atomic mass is 32.1. The Balaban J connectivity index is 1.55. The van der Waals surface area contributed by atoms with Crippen LogP contribution in [-0.4, -0.2) is 32.8 Å².